The molecule has 2 atom stereocenters. The van der Waals surface area contributed by atoms with Crippen molar-refractivity contribution in [1.82, 2.24) is 0 Å². The molecule has 0 saturated heterocycles. The van der Waals surface area contributed by atoms with Crippen LogP contribution in [0.25, 0.3) is 0 Å². The van der Waals surface area contributed by atoms with Crippen LogP contribution >= 0.6 is 0 Å². The largest absolute Gasteiger partial charge is 0.478 e. The van der Waals surface area contributed by atoms with Gasteiger partial charge >= 0.3 is 11.9 Å². The molecule has 2 rings (SSSR count). The lowest BCUT2D eigenvalue weighted by Crippen LogP contribution is -2.32. The van der Waals surface area contributed by atoms with Crippen LogP contribution in [-0.4, -0.2) is 31.3 Å². The van der Waals surface area contributed by atoms with Gasteiger partial charge in [-0.1, -0.05) is 18.2 Å². The number of hydrogen-bond acceptors (Lipinski definition) is 5. The maximum atomic E-state index is 12.0. The maximum Gasteiger partial charge on any atom is 0.347 e. The molecule has 5 nitrogen and oxygen atoms in total. The SMILES string of the molecule is CCOC(=O)CC1c2ccccc2OC1C(=O)OCC. The van der Waals surface area contributed by atoms with Crippen molar-refractivity contribution in [2.45, 2.75) is 32.3 Å². The first-order chi connectivity index (χ1) is 9.67. The second-order valence-corrected chi connectivity index (χ2v) is 4.44. The third-order valence-electron chi connectivity index (χ3n) is 3.15. The predicted molar refractivity (Wildman–Crippen MR) is 71.5 cm³/mol. The van der Waals surface area contributed by atoms with Crippen molar-refractivity contribution >= 4 is 11.9 Å². The number of para-hydroxylation sites is 1. The van der Waals surface area contributed by atoms with Gasteiger partial charge in [0.05, 0.1) is 19.6 Å². The Morgan fingerprint density at radius 2 is 1.85 bits per heavy atom. The summed E-state index contributed by atoms with van der Waals surface area (Å²) in [6.07, 6.45) is -0.675. The molecule has 1 aliphatic heterocycles. The Hall–Kier alpha value is -2.04. The fourth-order valence-electron chi connectivity index (χ4n) is 2.33. The zero-order valence-electron chi connectivity index (χ0n) is 11.6. The molecule has 0 N–H and O–H groups in total. The number of hydrogen-bond donors (Lipinski definition) is 0. The van der Waals surface area contributed by atoms with E-state index in [0.29, 0.717) is 12.4 Å². The molecule has 1 heterocycles. The number of fused-ring (bicyclic) bond motifs is 1. The fourth-order valence-corrected chi connectivity index (χ4v) is 2.33. The summed E-state index contributed by atoms with van der Waals surface area (Å²) in [6.45, 7) is 4.08. The van der Waals surface area contributed by atoms with Gasteiger partial charge in [-0.25, -0.2) is 4.79 Å². The number of esters is 2. The molecule has 1 aliphatic rings. The van der Waals surface area contributed by atoms with E-state index in [9.17, 15) is 9.59 Å². The lowest BCUT2D eigenvalue weighted by molar-refractivity contribution is -0.152. The van der Waals surface area contributed by atoms with E-state index in [4.69, 9.17) is 14.2 Å². The Morgan fingerprint density at radius 3 is 2.55 bits per heavy atom. The molecule has 0 aliphatic carbocycles. The van der Waals surface area contributed by atoms with Crippen molar-refractivity contribution in [3.05, 3.63) is 29.8 Å². The van der Waals surface area contributed by atoms with Crippen LogP contribution in [0.5, 0.6) is 5.75 Å². The molecule has 2 unspecified atom stereocenters. The standard InChI is InChI=1S/C15H18O5/c1-3-18-13(16)9-11-10-7-5-6-8-12(10)20-14(11)15(17)19-4-2/h5-8,11,14H,3-4,9H2,1-2H3. The van der Waals surface area contributed by atoms with Crippen LogP contribution in [-0.2, 0) is 19.1 Å². The van der Waals surface area contributed by atoms with Crippen molar-refractivity contribution in [3.8, 4) is 5.75 Å². The van der Waals surface area contributed by atoms with Crippen molar-refractivity contribution in [1.29, 1.82) is 0 Å². The lowest BCUT2D eigenvalue weighted by Gasteiger charge is -2.16. The number of carbonyl (C=O) groups excluding carboxylic acids is 2. The van der Waals surface area contributed by atoms with Crippen molar-refractivity contribution in [2.75, 3.05) is 13.2 Å². The van der Waals surface area contributed by atoms with E-state index >= 15 is 0 Å². The number of rotatable bonds is 5. The van der Waals surface area contributed by atoms with Gasteiger partial charge in [0, 0.05) is 11.5 Å². The molecule has 1 aromatic rings. The molecule has 0 fully saturated rings. The normalized spacial score (nSPS) is 19.9. The third kappa shape index (κ3) is 2.92. The highest BCUT2D eigenvalue weighted by molar-refractivity contribution is 5.80. The second kappa shape index (κ2) is 6.41. The minimum Gasteiger partial charge on any atom is -0.478 e. The maximum absolute atomic E-state index is 12.0. The molecule has 0 radical (unpaired) electrons. The zero-order chi connectivity index (χ0) is 14.5. The summed E-state index contributed by atoms with van der Waals surface area (Å²) in [5.74, 6) is -0.519. The molecule has 5 heteroatoms. The highest BCUT2D eigenvalue weighted by Crippen LogP contribution is 2.40. The molecule has 108 valence electrons. The van der Waals surface area contributed by atoms with Gasteiger partial charge in [-0.05, 0) is 19.9 Å². The molecule has 0 bridgehead atoms. The van der Waals surface area contributed by atoms with E-state index in [2.05, 4.69) is 0 Å². The van der Waals surface area contributed by atoms with Crippen LogP contribution in [0.4, 0.5) is 0 Å². The van der Waals surface area contributed by atoms with E-state index in [1.807, 2.05) is 18.2 Å². The first-order valence-corrected chi connectivity index (χ1v) is 6.75. The van der Waals surface area contributed by atoms with Crippen LogP contribution in [0.2, 0.25) is 0 Å². The Bertz CT molecular complexity index is 497. The van der Waals surface area contributed by atoms with Gasteiger partial charge in [0.1, 0.15) is 5.75 Å². The molecule has 0 amide bonds. The van der Waals surface area contributed by atoms with E-state index < -0.39 is 12.1 Å². The molecule has 0 spiro atoms. The Balaban J connectivity index is 2.21. The number of benzene rings is 1. The van der Waals surface area contributed by atoms with Gasteiger partial charge < -0.3 is 14.2 Å². The second-order valence-electron chi connectivity index (χ2n) is 4.44. The van der Waals surface area contributed by atoms with Crippen molar-refractivity contribution in [3.63, 3.8) is 0 Å². The van der Waals surface area contributed by atoms with E-state index in [-0.39, 0.29) is 24.9 Å². The van der Waals surface area contributed by atoms with Crippen LogP contribution in [0.1, 0.15) is 31.7 Å². The van der Waals surface area contributed by atoms with Crippen LogP contribution in [0, 0.1) is 0 Å². The topological polar surface area (TPSA) is 61.8 Å². The minimum atomic E-state index is -0.781. The van der Waals surface area contributed by atoms with Crippen molar-refractivity contribution < 1.29 is 23.8 Å². The average Bonchev–Trinajstić information content (AvgIpc) is 2.78. The molecule has 20 heavy (non-hydrogen) atoms. The van der Waals surface area contributed by atoms with E-state index in [0.717, 1.165) is 5.56 Å². The first-order valence-electron chi connectivity index (χ1n) is 6.75. The average molecular weight is 278 g/mol. The summed E-state index contributed by atoms with van der Waals surface area (Å²) in [4.78, 5) is 23.7. The van der Waals surface area contributed by atoms with Crippen molar-refractivity contribution in [2.24, 2.45) is 0 Å². The molecule has 1 aromatic carbocycles. The van der Waals surface area contributed by atoms with Gasteiger partial charge in [0.25, 0.3) is 0 Å². The van der Waals surface area contributed by atoms with Gasteiger partial charge in [-0.3, -0.25) is 4.79 Å². The molecular weight excluding hydrogens is 260 g/mol. The molecular formula is C15H18O5. The van der Waals surface area contributed by atoms with E-state index in [1.54, 1.807) is 19.9 Å². The number of carbonyl (C=O) groups is 2. The summed E-state index contributed by atoms with van der Waals surface area (Å²) in [7, 11) is 0. The van der Waals surface area contributed by atoms with Crippen LogP contribution < -0.4 is 4.74 Å². The summed E-state index contributed by atoms with van der Waals surface area (Å²) < 4.78 is 15.6. The van der Waals surface area contributed by atoms with Gasteiger partial charge in [-0.15, -0.1) is 0 Å². The summed E-state index contributed by atoms with van der Waals surface area (Å²) in [5.41, 5.74) is 0.846. The summed E-state index contributed by atoms with van der Waals surface area (Å²) in [6, 6.07) is 7.33. The highest BCUT2D eigenvalue weighted by atomic mass is 16.6. The third-order valence-corrected chi connectivity index (χ3v) is 3.15. The highest BCUT2D eigenvalue weighted by Gasteiger charge is 2.41. The lowest BCUT2D eigenvalue weighted by atomic mass is 9.92. The zero-order valence-corrected chi connectivity index (χ0v) is 11.6. The molecule has 0 aromatic heterocycles. The smallest absolute Gasteiger partial charge is 0.347 e. The number of ether oxygens (including phenoxy) is 3. The first kappa shape index (κ1) is 14.4. The summed E-state index contributed by atoms with van der Waals surface area (Å²) in [5, 5.41) is 0. The summed E-state index contributed by atoms with van der Waals surface area (Å²) >= 11 is 0. The quantitative estimate of drug-likeness (QED) is 0.771. The van der Waals surface area contributed by atoms with Crippen LogP contribution in [0.3, 0.4) is 0 Å². The monoisotopic (exact) mass is 278 g/mol. The Morgan fingerprint density at radius 1 is 1.15 bits per heavy atom. The molecule has 0 saturated carbocycles. The van der Waals surface area contributed by atoms with Crippen LogP contribution in [0.15, 0.2) is 24.3 Å². The Labute approximate surface area is 117 Å². The fraction of sp³-hybridized carbons (Fsp3) is 0.467. The Kier molecular flexibility index (Phi) is 4.61. The van der Waals surface area contributed by atoms with Gasteiger partial charge in [0.15, 0.2) is 0 Å². The van der Waals surface area contributed by atoms with Gasteiger partial charge in [-0.2, -0.15) is 0 Å². The van der Waals surface area contributed by atoms with Gasteiger partial charge in [0.2, 0.25) is 6.10 Å². The minimum absolute atomic E-state index is 0.105. The predicted octanol–water partition coefficient (Wildman–Crippen LogP) is 2.05. The van der Waals surface area contributed by atoms with E-state index in [1.165, 1.54) is 0 Å².